The fourth-order valence-corrected chi connectivity index (χ4v) is 2.27. The highest BCUT2D eigenvalue weighted by Gasteiger charge is 2.19. The van der Waals surface area contributed by atoms with Gasteiger partial charge in [0.15, 0.2) is 0 Å². The van der Waals surface area contributed by atoms with Crippen molar-refractivity contribution in [2.75, 3.05) is 6.54 Å². The maximum absolute atomic E-state index is 12.1. The Morgan fingerprint density at radius 1 is 1.33 bits per heavy atom. The molecule has 1 amide bonds. The van der Waals surface area contributed by atoms with Crippen molar-refractivity contribution < 1.29 is 4.79 Å². The number of amides is 1. The van der Waals surface area contributed by atoms with Crippen molar-refractivity contribution in [2.45, 2.75) is 34.6 Å². The lowest BCUT2D eigenvalue weighted by atomic mass is 9.85. The van der Waals surface area contributed by atoms with E-state index in [1.165, 1.54) is 0 Å². The van der Waals surface area contributed by atoms with Crippen LogP contribution in [-0.2, 0) is 7.05 Å². The molecule has 18 heavy (non-hydrogen) atoms. The smallest absolute Gasteiger partial charge is 0.254 e. The van der Waals surface area contributed by atoms with E-state index in [-0.39, 0.29) is 5.91 Å². The highest BCUT2D eigenvalue weighted by molar-refractivity contribution is 5.95. The Labute approximate surface area is 110 Å². The summed E-state index contributed by atoms with van der Waals surface area (Å²) in [7, 11) is 1.84. The van der Waals surface area contributed by atoms with E-state index in [1.807, 2.05) is 14.0 Å². The van der Waals surface area contributed by atoms with Crippen LogP contribution >= 0.6 is 0 Å². The molecule has 0 fully saturated rings. The lowest BCUT2D eigenvalue weighted by Crippen LogP contribution is -2.34. The molecule has 1 N–H and O–H groups in total. The number of nitrogens with one attached hydrogen (secondary N) is 1. The first-order valence-electron chi connectivity index (χ1n) is 6.61. The Morgan fingerprint density at radius 3 is 2.28 bits per heavy atom. The second-order valence-corrected chi connectivity index (χ2v) is 5.63. The number of aryl methyl sites for hydroxylation is 1. The lowest BCUT2D eigenvalue weighted by molar-refractivity contribution is 0.0936. The zero-order valence-electron chi connectivity index (χ0n) is 12.3. The Balaban J connectivity index is 2.63. The summed E-state index contributed by atoms with van der Waals surface area (Å²) in [5.41, 5.74) is 1.57. The molecule has 0 saturated carbocycles. The Kier molecular flexibility index (Phi) is 4.93. The summed E-state index contributed by atoms with van der Waals surface area (Å²) in [6.45, 7) is 11.4. The first kappa shape index (κ1) is 14.7. The summed E-state index contributed by atoms with van der Waals surface area (Å²) in [6.07, 6.45) is 1.63. The second-order valence-electron chi connectivity index (χ2n) is 5.63. The molecular formula is C14H25N3O. The summed E-state index contributed by atoms with van der Waals surface area (Å²) in [5, 5.41) is 7.11. The van der Waals surface area contributed by atoms with E-state index in [1.54, 1.807) is 10.9 Å². The minimum absolute atomic E-state index is 0.0214. The van der Waals surface area contributed by atoms with Crippen molar-refractivity contribution in [1.82, 2.24) is 15.1 Å². The summed E-state index contributed by atoms with van der Waals surface area (Å²) in [4.78, 5) is 12.1. The van der Waals surface area contributed by atoms with Crippen LogP contribution in [0, 0.1) is 24.7 Å². The molecule has 102 valence electrons. The molecular weight excluding hydrogens is 226 g/mol. The van der Waals surface area contributed by atoms with E-state index in [4.69, 9.17) is 0 Å². The second kappa shape index (κ2) is 6.03. The maximum Gasteiger partial charge on any atom is 0.254 e. The van der Waals surface area contributed by atoms with Crippen LogP contribution in [0.25, 0.3) is 0 Å². The Hall–Kier alpha value is -1.32. The summed E-state index contributed by atoms with van der Waals surface area (Å²) >= 11 is 0. The van der Waals surface area contributed by atoms with Crippen molar-refractivity contribution in [1.29, 1.82) is 0 Å². The molecule has 0 bridgehead atoms. The van der Waals surface area contributed by atoms with Crippen LogP contribution in [0.15, 0.2) is 6.20 Å². The van der Waals surface area contributed by atoms with Crippen molar-refractivity contribution in [2.24, 2.45) is 24.8 Å². The minimum atomic E-state index is -0.0214. The minimum Gasteiger partial charge on any atom is -0.352 e. The average molecular weight is 251 g/mol. The number of carbonyl (C=O) groups excluding carboxylic acids is 1. The first-order chi connectivity index (χ1) is 8.34. The molecule has 0 aliphatic rings. The fraction of sp³-hybridized carbons (Fsp3) is 0.714. The third-order valence-corrected chi connectivity index (χ3v) is 3.69. The quantitative estimate of drug-likeness (QED) is 0.873. The van der Waals surface area contributed by atoms with E-state index < -0.39 is 0 Å². The van der Waals surface area contributed by atoms with E-state index in [0.717, 1.165) is 12.2 Å². The molecule has 0 unspecified atom stereocenters. The topological polar surface area (TPSA) is 46.9 Å². The van der Waals surface area contributed by atoms with E-state index >= 15 is 0 Å². The molecule has 0 radical (unpaired) electrons. The van der Waals surface area contributed by atoms with Crippen LogP contribution in [-0.4, -0.2) is 22.2 Å². The number of carbonyl (C=O) groups is 1. The SMILES string of the molecule is Cc1c(C(=O)NCC(C(C)C)C(C)C)cnn1C. The van der Waals surface area contributed by atoms with Gasteiger partial charge in [-0.1, -0.05) is 27.7 Å². The number of hydrogen-bond acceptors (Lipinski definition) is 2. The normalized spacial score (nSPS) is 11.6. The van der Waals surface area contributed by atoms with Gasteiger partial charge in [0.25, 0.3) is 5.91 Å². The van der Waals surface area contributed by atoms with Crippen molar-refractivity contribution in [3.8, 4) is 0 Å². The van der Waals surface area contributed by atoms with Crippen molar-refractivity contribution in [3.05, 3.63) is 17.5 Å². The molecule has 0 saturated heterocycles. The van der Waals surface area contributed by atoms with Crippen LogP contribution < -0.4 is 5.32 Å². The highest BCUT2D eigenvalue weighted by atomic mass is 16.1. The van der Waals surface area contributed by atoms with Gasteiger partial charge in [0.05, 0.1) is 11.8 Å². The molecule has 1 aromatic heterocycles. The van der Waals surface area contributed by atoms with E-state index in [0.29, 0.717) is 23.3 Å². The van der Waals surface area contributed by atoms with Crippen LogP contribution in [0.2, 0.25) is 0 Å². The molecule has 0 aromatic carbocycles. The summed E-state index contributed by atoms with van der Waals surface area (Å²) in [6, 6.07) is 0. The number of aromatic nitrogens is 2. The molecule has 0 aliphatic carbocycles. The fourth-order valence-electron chi connectivity index (χ4n) is 2.27. The summed E-state index contributed by atoms with van der Waals surface area (Å²) in [5.74, 6) is 1.62. The standard InChI is InChI=1S/C14H25N3O/c1-9(2)12(10(3)4)7-15-14(18)13-8-16-17(6)11(13)5/h8-10,12H,7H2,1-6H3,(H,15,18). The van der Waals surface area contributed by atoms with Gasteiger partial charge in [-0.15, -0.1) is 0 Å². The molecule has 1 heterocycles. The molecule has 0 spiro atoms. The monoisotopic (exact) mass is 251 g/mol. The molecule has 4 heteroatoms. The molecule has 0 atom stereocenters. The predicted molar refractivity (Wildman–Crippen MR) is 73.4 cm³/mol. The Morgan fingerprint density at radius 2 is 1.89 bits per heavy atom. The third-order valence-electron chi connectivity index (χ3n) is 3.69. The molecule has 4 nitrogen and oxygen atoms in total. The zero-order chi connectivity index (χ0) is 13.9. The van der Waals surface area contributed by atoms with Gasteiger partial charge >= 0.3 is 0 Å². The van der Waals surface area contributed by atoms with Gasteiger partial charge in [-0.05, 0) is 24.7 Å². The molecule has 1 aromatic rings. The molecule has 1 rings (SSSR count). The van der Waals surface area contributed by atoms with Gasteiger partial charge in [0, 0.05) is 19.3 Å². The van der Waals surface area contributed by atoms with Gasteiger partial charge in [0.1, 0.15) is 0 Å². The molecule has 0 aliphatic heterocycles. The van der Waals surface area contributed by atoms with Gasteiger partial charge in [0.2, 0.25) is 0 Å². The van der Waals surface area contributed by atoms with Crippen molar-refractivity contribution >= 4 is 5.91 Å². The predicted octanol–water partition coefficient (Wildman–Crippen LogP) is 2.39. The van der Waals surface area contributed by atoms with Gasteiger partial charge in [-0.3, -0.25) is 9.48 Å². The van der Waals surface area contributed by atoms with Gasteiger partial charge < -0.3 is 5.32 Å². The van der Waals surface area contributed by atoms with Crippen LogP contribution in [0.1, 0.15) is 43.7 Å². The number of hydrogen-bond donors (Lipinski definition) is 1. The largest absolute Gasteiger partial charge is 0.352 e. The van der Waals surface area contributed by atoms with E-state index in [9.17, 15) is 4.79 Å². The van der Waals surface area contributed by atoms with Crippen molar-refractivity contribution in [3.63, 3.8) is 0 Å². The highest BCUT2D eigenvalue weighted by Crippen LogP contribution is 2.19. The number of rotatable bonds is 5. The number of nitrogens with zero attached hydrogens (tertiary/aromatic N) is 2. The maximum atomic E-state index is 12.1. The third kappa shape index (κ3) is 3.34. The van der Waals surface area contributed by atoms with Gasteiger partial charge in [-0.2, -0.15) is 5.10 Å². The first-order valence-corrected chi connectivity index (χ1v) is 6.61. The van der Waals surface area contributed by atoms with Crippen LogP contribution in [0.5, 0.6) is 0 Å². The van der Waals surface area contributed by atoms with Crippen LogP contribution in [0.4, 0.5) is 0 Å². The van der Waals surface area contributed by atoms with Gasteiger partial charge in [-0.25, -0.2) is 0 Å². The Bertz CT molecular complexity index is 399. The summed E-state index contributed by atoms with van der Waals surface area (Å²) < 4.78 is 1.72. The average Bonchev–Trinajstić information content (AvgIpc) is 2.58. The zero-order valence-corrected chi connectivity index (χ0v) is 12.3. The van der Waals surface area contributed by atoms with Crippen LogP contribution in [0.3, 0.4) is 0 Å². The van der Waals surface area contributed by atoms with E-state index in [2.05, 4.69) is 38.1 Å². The lowest BCUT2D eigenvalue weighted by Gasteiger charge is -2.25.